The Kier molecular flexibility index (Phi) is 5.79. The molecule has 0 amide bonds. The van der Waals surface area contributed by atoms with Gasteiger partial charge in [-0.1, -0.05) is 35.0 Å². The molecule has 0 aliphatic rings. The summed E-state index contributed by atoms with van der Waals surface area (Å²) in [7, 11) is 0. The maximum absolute atomic E-state index is 5.65. The summed E-state index contributed by atoms with van der Waals surface area (Å²) < 4.78 is 5.56. The SMILES string of the molecule is Cc1ccc(/C=C(\CCCCN)c2nc(-c3cccs3)no2)c(C)c1. The van der Waals surface area contributed by atoms with E-state index in [0.29, 0.717) is 18.3 Å². The number of nitrogens with two attached hydrogens (primary N) is 1. The first-order valence-corrected chi connectivity index (χ1v) is 9.41. The Morgan fingerprint density at radius 2 is 2.12 bits per heavy atom. The van der Waals surface area contributed by atoms with Crippen molar-refractivity contribution >= 4 is 23.0 Å². The number of nitrogens with zero attached hydrogens (tertiary/aromatic N) is 2. The Morgan fingerprint density at radius 3 is 2.84 bits per heavy atom. The third-order valence-corrected chi connectivity index (χ3v) is 4.96. The second kappa shape index (κ2) is 8.23. The number of benzene rings is 1. The molecular formula is C20H23N3OS. The van der Waals surface area contributed by atoms with Crippen molar-refractivity contribution in [3.8, 4) is 10.7 Å². The number of aryl methyl sites for hydroxylation is 2. The van der Waals surface area contributed by atoms with E-state index in [1.54, 1.807) is 11.3 Å². The highest BCUT2D eigenvalue weighted by Gasteiger charge is 2.14. The molecule has 0 unspecified atom stereocenters. The van der Waals surface area contributed by atoms with Crippen molar-refractivity contribution in [1.29, 1.82) is 0 Å². The third kappa shape index (κ3) is 4.44. The number of unbranched alkanes of at least 4 members (excludes halogenated alkanes) is 1. The molecule has 0 saturated carbocycles. The van der Waals surface area contributed by atoms with E-state index in [9.17, 15) is 0 Å². The zero-order valence-corrected chi connectivity index (χ0v) is 15.5. The van der Waals surface area contributed by atoms with Crippen molar-refractivity contribution in [3.63, 3.8) is 0 Å². The molecule has 0 fully saturated rings. The Labute approximate surface area is 152 Å². The Balaban J connectivity index is 1.92. The summed E-state index contributed by atoms with van der Waals surface area (Å²) in [4.78, 5) is 5.62. The van der Waals surface area contributed by atoms with E-state index in [1.165, 1.54) is 16.7 Å². The minimum Gasteiger partial charge on any atom is -0.334 e. The second-order valence-electron chi connectivity index (χ2n) is 6.18. The number of rotatable bonds is 7. The van der Waals surface area contributed by atoms with Crippen LogP contribution in [-0.4, -0.2) is 16.7 Å². The summed E-state index contributed by atoms with van der Waals surface area (Å²) in [6.45, 7) is 4.93. The van der Waals surface area contributed by atoms with Crippen LogP contribution in [0.2, 0.25) is 0 Å². The molecule has 0 spiro atoms. The minimum atomic E-state index is 0.598. The molecule has 0 bridgehead atoms. The van der Waals surface area contributed by atoms with Crippen LogP contribution in [0.5, 0.6) is 0 Å². The van der Waals surface area contributed by atoms with Gasteiger partial charge >= 0.3 is 0 Å². The van der Waals surface area contributed by atoms with Gasteiger partial charge in [0.2, 0.25) is 5.82 Å². The van der Waals surface area contributed by atoms with Crippen molar-refractivity contribution in [3.05, 3.63) is 58.3 Å². The lowest BCUT2D eigenvalue weighted by Crippen LogP contribution is -1.98. The fourth-order valence-electron chi connectivity index (χ4n) is 2.74. The van der Waals surface area contributed by atoms with Crippen LogP contribution in [0.3, 0.4) is 0 Å². The van der Waals surface area contributed by atoms with E-state index >= 15 is 0 Å². The normalized spacial score (nSPS) is 11.9. The molecule has 3 rings (SSSR count). The Morgan fingerprint density at radius 1 is 1.24 bits per heavy atom. The molecule has 0 saturated heterocycles. The van der Waals surface area contributed by atoms with Crippen molar-refractivity contribution in [2.75, 3.05) is 6.54 Å². The molecule has 25 heavy (non-hydrogen) atoms. The fourth-order valence-corrected chi connectivity index (χ4v) is 3.38. The summed E-state index contributed by atoms with van der Waals surface area (Å²) in [6.07, 6.45) is 5.02. The fraction of sp³-hybridized carbons (Fsp3) is 0.300. The van der Waals surface area contributed by atoms with Crippen LogP contribution in [0.1, 0.15) is 41.8 Å². The highest BCUT2D eigenvalue weighted by atomic mass is 32.1. The van der Waals surface area contributed by atoms with Crippen LogP contribution in [0.4, 0.5) is 0 Å². The Hall–Kier alpha value is -2.24. The van der Waals surface area contributed by atoms with Gasteiger partial charge in [0.05, 0.1) is 4.88 Å². The van der Waals surface area contributed by atoms with Crippen LogP contribution < -0.4 is 5.73 Å². The van der Waals surface area contributed by atoms with Crippen molar-refractivity contribution in [2.24, 2.45) is 5.73 Å². The van der Waals surface area contributed by atoms with Gasteiger partial charge < -0.3 is 10.3 Å². The molecule has 0 aliphatic carbocycles. The van der Waals surface area contributed by atoms with E-state index in [4.69, 9.17) is 10.3 Å². The van der Waals surface area contributed by atoms with Crippen LogP contribution in [0.25, 0.3) is 22.4 Å². The monoisotopic (exact) mass is 353 g/mol. The summed E-state index contributed by atoms with van der Waals surface area (Å²) in [5, 5.41) is 6.16. The van der Waals surface area contributed by atoms with Gasteiger partial charge in [0, 0.05) is 5.57 Å². The largest absolute Gasteiger partial charge is 0.334 e. The molecule has 2 heterocycles. The van der Waals surface area contributed by atoms with Gasteiger partial charge in [-0.05, 0) is 68.3 Å². The van der Waals surface area contributed by atoms with E-state index in [2.05, 4.69) is 48.3 Å². The molecule has 2 N–H and O–H groups in total. The van der Waals surface area contributed by atoms with Gasteiger partial charge in [0.15, 0.2) is 0 Å². The molecule has 1 aromatic carbocycles. The van der Waals surface area contributed by atoms with E-state index < -0.39 is 0 Å². The van der Waals surface area contributed by atoms with E-state index in [0.717, 1.165) is 29.7 Å². The van der Waals surface area contributed by atoms with Crippen molar-refractivity contribution < 1.29 is 4.52 Å². The Bertz CT molecular complexity index is 850. The topological polar surface area (TPSA) is 64.9 Å². The van der Waals surface area contributed by atoms with Crippen LogP contribution in [-0.2, 0) is 0 Å². The molecule has 0 atom stereocenters. The minimum absolute atomic E-state index is 0.598. The number of thiophene rings is 1. The van der Waals surface area contributed by atoms with Gasteiger partial charge in [-0.2, -0.15) is 4.98 Å². The van der Waals surface area contributed by atoms with Gasteiger partial charge in [0.1, 0.15) is 0 Å². The molecule has 5 heteroatoms. The lowest BCUT2D eigenvalue weighted by molar-refractivity contribution is 0.407. The van der Waals surface area contributed by atoms with Crippen molar-refractivity contribution in [2.45, 2.75) is 33.1 Å². The quantitative estimate of drug-likeness (QED) is 0.601. The average molecular weight is 353 g/mol. The van der Waals surface area contributed by atoms with Crippen LogP contribution >= 0.6 is 11.3 Å². The summed E-state index contributed by atoms with van der Waals surface area (Å²) in [6, 6.07) is 10.4. The lowest BCUT2D eigenvalue weighted by atomic mass is 10.0. The van der Waals surface area contributed by atoms with Gasteiger partial charge in [0.25, 0.3) is 5.89 Å². The standard InChI is InChI=1S/C20H23N3OS/c1-14-8-9-16(15(2)12-14)13-17(6-3-4-10-21)20-22-19(23-24-20)18-7-5-11-25-18/h5,7-9,11-13H,3-4,6,10,21H2,1-2H3/b17-13+. The molecule has 4 nitrogen and oxygen atoms in total. The van der Waals surface area contributed by atoms with Gasteiger partial charge in [-0.25, -0.2) is 0 Å². The molecule has 130 valence electrons. The van der Waals surface area contributed by atoms with E-state index in [1.807, 2.05) is 17.5 Å². The van der Waals surface area contributed by atoms with Crippen molar-refractivity contribution in [1.82, 2.24) is 10.1 Å². The van der Waals surface area contributed by atoms with Gasteiger partial charge in [-0.3, -0.25) is 0 Å². The molecule has 0 aliphatic heterocycles. The number of aromatic nitrogens is 2. The van der Waals surface area contributed by atoms with E-state index in [-0.39, 0.29) is 0 Å². The first kappa shape index (κ1) is 17.6. The highest BCUT2D eigenvalue weighted by Crippen LogP contribution is 2.28. The summed E-state index contributed by atoms with van der Waals surface area (Å²) in [5.74, 6) is 1.25. The first-order chi connectivity index (χ1) is 12.2. The van der Waals surface area contributed by atoms with Crippen LogP contribution in [0.15, 0.2) is 40.2 Å². The second-order valence-corrected chi connectivity index (χ2v) is 7.12. The maximum Gasteiger partial charge on any atom is 0.254 e. The first-order valence-electron chi connectivity index (χ1n) is 8.53. The average Bonchev–Trinajstić information content (AvgIpc) is 3.27. The van der Waals surface area contributed by atoms with Gasteiger partial charge in [-0.15, -0.1) is 11.3 Å². The smallest absolute Gasteiger partial charge is 0.254 e. The zero-order chi connectivity index (χ0) is 17.6. The molecular weight excluding hydrogens is 330 g/mol. The molecule has 0 radical (unpaired) electrons. The highest BCUT2D eigenvalue weighted by molar-refractivity contribution is 7.13. The number of hydrogen-bond donors (Lipinski definition) is 1. The lowest BCUT2D eigenvalue weighted by Gasteiger charge is -2.06. The third-order valence-electron chi connectivity index (χ3n) is 4.10. The number of allylic oxidation sites excluding steroid dienone is 1. The summed E-state index contributed by atoms with van der Waals surface area (Å²) >= 11 is 1.61. The predicted octanol–water partition coefficient (Wildman–Crippen LogP) is 5.08. The zero-order valence-electron chi connectivity index (χ0n) is 14.7. The molecule has 3 aromatic rings. The van der Waals surface area contributed by atoms with Crippen LogP contribution in [0, 0.1) is 13.8 Å². The summed E-state index contributed by atoms with van der Waals surface area (Å²) in [5.41, 5.74) is 10.4. The number of hydrogen-bond acceptors (Lipinski definition) is 5. The maximum atomic E-state index is 5.65. The molecule has 2 aromatic heterocycles. The predicted molar refractivity (Wildman–Crippen MR) is 104 cm³/mol.